The van der Waals surface area contributed by atoms with Crippen LogP contribution in [0.25, 0.3) is 0 Å². The highest BCUT2D eigenvalue weighted by Crippen LogP contribution is 2.48. The van der Waals surface area contributed by atoms with E-state index in [4.69, 9.17) is 19.6 Å². The van der Waals surface area contributed by atoms with E-state index in [0.29, 0.717) is 23.7 Å². The molecule has 4 heteroatoms. The molecule has 0 bridgehead atoms. The van der Waals surface area contributed by atoms with Gasteiger partial charge in [0.2, 0.25) is 11.6 Å². The maximum absolute atomic E-state index is 5.75. The van der Waals surface area contributed by atoms with Gasteiger partial charge < -0.3 is 0 Å². The average Bonchev–Trinajstić information content (AvgIpc) is 2.43. The molecule has 0 aromatic rings. The lowest BCUT2D eigenvalue weighted by Crippen LogP contribution is -2.55. The van der Waals surface area contributed by atoms with Gasteiger partial charge in [-0.3, -0.25) is 0 Å². The molecule has 20 heavy (non-hydrogen) atoms. The highest BCUT2D eigenvalue weighted by Gasteiger charge is 2.53. The van der Waals surface area contributed by atoms with E-state index in [9.17, 15) is 0 Å². The summed E-state index contributed by atoms with van der Waals surface area (Å²) in [6.07, 6.45) is 5.57. The summed E-state index contributed by atoms with van der Waals surface area (Å²) in [5, 5.41) is 0. The minimum atomic E-state index is -0.677. The van der Waals surface area contributed by atoms with Gasteiger partial charge in [-0.1, -0.05) is 27.7 Å². The molecule has 1 saturated heterocycles. The van der Waals surface area contributed by atoms with Gasteiger partial charge in [0.25, 0.3) is 0 Å². The largest absolute Gasteiger partial charge is 0.234 e. The van der Waals surface area contributed by atoms with E-state index >= 15 is 0 Å². The van der Waals surface area contributed by atoms with Gasteiger partial charge in [0.1, 0.15) is 0 Å². The van der Waals surface area contributed by atoms with Crippen LogP contribution in [-0.4, -0.2) is 11.6 Å². The van der Waals surface area contributed by atoms with Gasteiger partial charge in [0, 0.05) is 25.7 Å². The summed E-state index contributed by atoms with van der Waals surface area (Å²) in [6.45, 7) is 9.06. The fraction of sp³-hybridized carbons (Fsp3) is 1.00. The highest BCUT2D eigenvalue weighted by molar-refractivity contribution is 4.85. The zero-order valence-electron chi connectivity index (χ0n) is 13.2. The van der Waals surface area contributed by atoms with E-state index in [0.717, 1.165) is 38.5 Å². The third kappa shape index (κ3) is 2.63. The Morgan fingerprint density at radius 1 is 0.600 bits per heavy atom. The van der Waals surface area contributed by atoms with Crippen LogP contribution in [0.15, 0.2) is 0 Å². The lowest BCUT2D eigenvalue weighted by Gasteiger charge is -2.49. The number of hydrogen-bond acceptors (Lipinski definition) is 4. The summed E-state index contributed by atoms with van der Waals surface area (Å²) >= 11 is 0. The van der Waals surface area contributed by atoms with Crippen molar-refractivity contribution in [2.24, 2.45) is 23.7 Å². The van der Waals surface area contributed by atoms with Crippen LogP contribution in [0.3, 0.4) is 0 Å². The van der Waals surface area contributed by atoms with E-state index in [2.05, 4.69) is 27.7 Å². The molecule has 2 aliphatic carbocycles. The fourth-order valence-electron chi connectivity index (χ4n) is 3.69. The predicted molar refractivity (Wildman–Crippen MR) is 74.2 cm³/mol. The Labute approximate surface area is 122 Å². The second kappa shape index (κ2) is 5.24. The summed E-state index contributed by atoms with van der Waals surface area (Å²) in [4.78, 5) is 23.0. The van der Waals surface area contributed by atoms with E-state index in [1.807, 2.05) is 0 Å². The van der Waals surface area contributed by atoms with Crippen molar-refractivity contribution in [3.05, 3.63) is 0 Å². The van der Waals surface area contributed by atoms with Gasteiger partial charge in [-0.25, -0.2) is 0 Å². The van der Waals surface area contributed by atoms with Crippen LogP contribution in [0.2, 0.25) is 0 Å². The number of rotatable bonds is 0. The smallest absolute Gasteiger partial charge is 0.195 e. The maximum Gasteiger partial charge on any atom is 0.234 e. The first-order valence-corrected chi connectivity index (χ1v) is 8.17. The lowest BCUT2D eigenvalue weighted by molar-refractivity contribution is -0.665. The van der Waals surface area contributed by atoms with Gasteiger partial charge in [-0.2, -0.15) is 19.6 Å². The van der Waals surface area contributed by atoms with Gasteiger partial charge in [-0.05, 0) is 36.5 Å². The topological polar surface area (TPSA) is 36.9 Å². The highest BCUT2D eigenvalue weighted by atomic mass is 17.4. The van der Waals surface area contributed by atoms with Crippen LogP contribution in [0, 0.1) is 23.7 Å². The Morgan fingerprint density at radius 2 is 0.950 bits per heavy atom. The normalized spacial score (nSPS) is 53.4. The van der Waals surface area contributed by atoms with Gasteiger partial charge in [0.05, 0.1) is 0 Å². The molecule has 0 aromatic carbocycles. The van der Waals surface area contributed by atoms with Crippen LogP contribution < -0.4 is 0 Å². The number of hydrogen-bond donors (Lipinski definition) is 0. The Hall–Kier alpha value is -0.160. The third-order valence-electron chi connectivity index (χ3n) is 5.86. The molecule has 1 aliphatic heterocycles. The lowest BCUT2D eigenvalue weighted by atomic mass is 9.78. The molecule has 0 aromatic heterocycles. The zero-order valence-corrected chi connectivity index (χ0v) is 13.2. The molecule has 3 aliphatic rings. The second-order valence-corrected chi connectivity index (χ2v) is 7.55. The Morgan fingerprint density at radius 3 is 1.25 bits per heavy atom. The van der Waals surface area contributed by atoms with Crippen molar-refractivity contribution in [3.8, 4) is 0 Å². The molecule has 3 fully saturated rings. The van der Waals surface area contributed by atoms with Crippen molar-refractivity contribution in [2.45, 2.75) is 77.8 Å². The van der Waals surface area contributed by atoms with Crippen molar-refractivity contribution in [1.82, 2.24) is 0 Å². The Bertz CT molecular complexity index is 314. The van der Waals surface area contributed by atoms with E-state index < -0.39 is 11.6 Å². The predicted octanol–water partition coefficient (Wildman–Crippen LogP) is 4.20. The Kier molecular flexibility index (Phi) is 3.87. The quantitative estimate of drug-likeness (QED) is 0.625. The second-order valence-electron chi connectivity index (χ2n) is 7.55. The minimum absolute atomic E-state index is 0.565. The van der Waals surface area contributed by atoms with Crippen molar-refractivity contribution >= 4 is 0 Å². The van der Waals surface area contributed by atoms with Crippen molar-refractivity contribution < 1.29 is 19.6 Å². The molecule has 116 valence electrons. The van der Waals surface area contributed by atoms with E-state index in [1.54, 1.807) is 0 Å². The van der Waals surface area contributed by atoms with Crippen LogP contribution in [0.4, 0.5) is 0 Å². The molecule has 1 heterocycles. The minimum Gasteiger partial charge on any atom is -0.195 e. The first kappa shape index (κ1) is 14.8. The molecule has 2 spiro atoms. The molecule has 0 unspecified atom stereocenters. The van der Waals surface area contributed by atoms with Crippen LogP contribution in [0.5, 0.6) is 0 Å². The fourth-order valence-corrected chi connectivity index (χ4v) is 3.69. The molecular weight excluding hydrogens is 256 g/mol. The monoisotopic (exact) mass is 284 g/mol. The van der Waals surface area contributed by atoms with Crippen LogP contribution in [0.1, 0.15) is 66.2 Å². The SMILES string of the molecule is C[C@@H]1CC2(CC[C@@H]1C)OOC1(CC[C@@H](C)[C@@H](C)C1)OO2. The molecule has 0 radical (unpaired) electrons. The van der Waals surface area contributed by atoms with Gasteiger partial charge in [-0.15, -0.1) is 0 Å². The zero-order chi connectivity index (χ0) is 14.4. The Balaban J connectivity index is 1.62. The standard InChI is InChI=1S/C16H28O4/c1-11-5-7-15(9-13(11)3)17-19-16(20-18-15)8-6-12(2)14(4)10-16/h11-14H,5-10H2,1-4H3/t11-,12+,13+,14-,15?,16?. The molecule has 4 nitrogen and oxygen atoms in total. The van der Waals surface area contributed by atoms with Crippen molar-refractivity contribution in [1.29, 1.82) is 0 Å². The van der Waals surface area contributed by atoms with Gasteiger partial charge in [0.15, 0.2) is 0 Å². The van der Waals surface area contributed by atoms with Crippen molar-refractivity contribution in [3.63, 3.8) is 0 Å². The molecule has 4 atom stereocenters. The van der Waals surface area contributed by atoms with Crippen molar-refractivity contribution in [2.75, 3.05) is 0 Å². The summed E-state index contributed by atoms with van der Waals surface area (Å²) in [5.41, 5.74) is 0. The molecule has 0 amide bonds. The van der Waals surface area contributed by atoms with Crippen LogP contribution in [-0.2, 0) is 19.6 Å². The first-order valence-electron chi connectivity index (χ1n) is 8.17. The first-order chi connectivity index (χ1) is 9.44. The molecule has 3 rings (SSSR count). The summed E-state index contributed by atoms with van der Waals surface area (Å²) < 4.78 is 0. The molecule has 0 N–H and O–H groups in total. The maximum atomic E-state index is 5.75. The summed E-state index contributed by atoms with van der Waals surface area (Å²) in [7, 11) is 0. The summed E-state index contributed by atoms with van der Waals surface area (Å²) in [5.74, 6) is 1.19. The van der Waals surface area contributed by atoms with Gasteiger partial charge >= 0.3 is 0 Å². The molecule has 2 saturated carbocycles. The van der Waals surface area contributed by atoms with Crippen LogP contribution >= 0.6 is 0 Å². The third-order valence-corrected chi connectivity index (χ3v) is 5.86. The molecular formula is C16H28O4. The van der Waals surface area contributed by atoms with E-state index in [1.165, 1.54) is 0 Å². The summed E-state index contributed by atoms with van der Waals surface area (Å²) in [6, 6.07) is 0. The van der Waals surface area contributed by atoms with E-state index in [-0.39, 0.29) is 0 Å². The average molecular weight is 284 g/mol.